The molecule has 10 heteroatoms. The number of alkyl halides is 3. The Morgan fingerprint density at radius 2 is 1.81 bits per heavy atom. The van der Waals surface area contributed by atoms with Crippen molar-refractivity contribution in [3.8, 4) is 10.6 Å². The lowest BCUT2D eigenvalue weighted by Crippen LogP contribution is -2.23. The molecule has 3 aromatic rings. The standard InChI is InChI=1S/C17H16F3N3O2S2/c1-10-3-5-12(6-4-10)9-21-27(24,25)15-8-14(26-11(15)2)13-7-16(23-22-13)17(18,19)20/h3-8,21H,9H2,1-2H3,(H,22,23). The summed E-state index contributed by atoms with van der Waals surface area (Å²) in [6.07, 6.45) is -4.54. The predicted octanol–water partition coefficient (Wildman–Crippen LogP) is 4.25. The maximum absolute atomic E-state index is 12.7. The van der Waals surface area contributed by atoms with Gasteiger partial charge >= 0.3 is 6.18 Å². The fourth-order valence-corrected chi connectivity index (χ4v) is 4.98. The van der Waals surface area contributed by atoms with Crippen LogP contribution >= 0.6 is 11.3 Å². The molecule has 2 N–H and O–H groups in total. The van der Waals surface area contributed by atoms with Crippen LogP contribution in [0.3, 0.4) is 0 Å². The van der Waals surface area contributed by atoms with Gasteiger partial charge in [-0.2, -0.15) is 18.3 Å². The van der Waals surface area contributed by atoms with E-state index in [0.717, 1.165) is 28.5 Å². The number of H-pyrrole nitrogens is 1. The van der Waals surface area contributed by atoms with Crippen LogP contribution in [-0.4, -0.2) is 18.6 Å². The molecule has 0 amide bonds. The first kappa shape index (κ1) is 19.6. The zero-order chi connectivity index (χ0) is 19.8. The average molecular weight is 415 g/mol. The quantitative estimate of drug-likeness (QED) is 0.654. The van der Waals surface area contributed by atoms with Crippen LogP contribution in [0.2, 0.25) is 0 Å². The maximum atomic E-state index is 12.7. The SMILES string of the molecule is Cc1ccc(CNS(=O)(=O)c2cc(-c3cc(C(F)(F)F)[nH]n3)sc2C)cc1. The Labute approximate surface area is 158 Å². The van der Waals surface area contributed by atoms with Gasteiger partial charge in [0.25, 0.3) is 0 Å². The second-order valence-corrected chi connectivity index (χ2v) is 9.00. The molecule has 0 spiro atoms. The van der Waals surface area contributed by atoms with E-state index in [9.17, 15) is 21.6 Å². The molecule has 0 saturated heterocycles. The van der Waals surface area contributed by atoms with Crippen molar-refractivity contribution < 1.29 is 21.6 Å². The Morgan fingerprint density at radius 1 is 1.15 bits per heavy atom. The van der Waals surface area contributed by atoms with Gasteiger partial charge in [0, 0.05) is 11.4 Å². The number of hydrogen-bond acceptors (Lipinski definition) is 4. The van der Waals surface area contributed by atoms with Gasteiger partial charge in [0.1, 0.15) is 11.4 Å². The van der Waals surface area contributed by atoms with E-state index in [4.69, 9.17) is 0 Å². The number of nitrogens with one attached hydrogen (secondary N) is 2. The number of sulfonamides is 1. The molecule has 2 heterocycles. The number of hydrogen-bond donors (Lipinski definition) is 2. The maximum Gasteiger partial charge on any atom is 0.432 e. The van der Waals surface area contributed by atoms with Gasteiger partial charge in [-0.05, 0) is 31.5 Å². The number of aromatic amines is 1. The zero-order valence-corrected chi connectivity index (χ0v) is 16.0. The van der Waals surface area contributed by atoms with Gasteiger partial charge < -0.3 is 0 Å². The van der Waals surface area contributed by atoms with Gasteiger partial charge in [-0.1, -0.05) is 29.8 Å². The molecule has 0 unspecified atom stereocenters. The van der Waals surface area contributed by atoms with Crippen molar-refractivity contribution in [1.29, 1.82) is 0 Å². The third kappa shape index (κ3) is 4.40. The van der Waals surface area contributed by atoms with Crippen LogP contribution in [0, 0.1) is 13.8 Å². The number of aryl methyl sites for hydroxylation is 2. The van der Waals surface area contributed by atoms with E-state index >= 15 is 0 Å². The van der Waals surface area contributed by atoms with E-state index < -0.39 is 21.9 Å². The van der Waals surface area contributed by atoms with E-state index in [1.807, 2.05) is 36.3 Å². The largest absolute Gasteiger partial charge is 0.432 e. The fraction of sp³-hybridized carbons (Fsp3) is 0.235. The highest BCUT2D eigenvalue weighted by Gasteiger charge is 2.33. The van der Waals surface area contributed by atoms with Gasteiger partial charge in [-0.15, -0.1) is 11.3 Å². The average Bonchev–Trinajstić information content (AvgIpc) is 3.21. The van der Waals surface area contributed by atoms with Crippen LogP contribution in [-0.2, 0) is 22.7 Å². The number of rotatable bonds is 5. The monoisotopic (exact) mass is 415 g/mol. The van der Waals surface area contributed by atoms with Crippen molar-refractivity contribution >= 4 is 21.4 Å². The van der Waals surface area contributed by atoms with Crippen molar-refractivity contribution in [2.24, 2.45) is 0 Å². The van der Waals surface area contributed by atoms with Gasteiger partial charge in [0.15, 0.2) is 0 Å². The minimum absolute atomic E-state index is 0.0335. The summed E-state index contributed by atoms with van der Waals surface area (Å²) in [6, 6.07) is 9.62. The first-order valence-corrected chi connectivity index (χ1v) is 10.1. The van der Waals surface area contributed by atoms with Crippen molar-refractivity contribution in [3.63, 3.8) is 0 Å². The van der Waals surface area contributed by atoms with E-state index in [2.05, 4.69) is 9.82 Å². The molecule has 27 heavy (non-hydrogen) atoms. The summed E-state index contributed by atoms with van der Waals surface area (Å²) in [5, 5.41) is 5.57. The molecule has 0 bridgehead atoms. The minimum Gasteiger partial charge on any atom is -0.273 e. The Balaban J connectivity index is 1.82. The lowest BCUT2D eigenvalue weighted by molar-refractivity contribution is -0.141. The van der Waals surface area contributed by atoms with Crippen LogP contribution in [0.25, 0.3) is 10.6 Å². The summed E-state index contributed by atoms with van der Waals surface area (Å²) in [4.78, 5) is 0.846. The van der Waals surface area contributed by atoms with Gasteiger partial charge in [0.2, 0.25) is 10.0 Å². The number of thiophene rings is 1. The van der Waals surface area contributed by atoms with Crippen molar-refractivity contribution in [2.45, 2.75) is 31.5 Å². The molecular formula is C17H16F3N3O2S2. The summed E-state index contributed by atoms with van der Waals surface area (Å²) in [7, 11) is -3.81. The highest BCUT2D eigenvalue weighted by atomic mass is 32.2. The lowest BCUT2D eigenvalue weighted by atomic mass is 10.2. The number of benzene rings is 1. The Hall–Kier alpha value is -2.17. The number of halogens is 3. The second kappa shape index (κ2) is 7.10. The Kier molecular flexibility index (Phi) is 5.15. The van der Waals surface area contributed by atoms with E-state index in [-0.39, 0.29) is 17.1 Å². The van der Waals surface area contributed by atoms with Crippen LogP contribution in [0.4, 0.5) is 13.2 Å². The molecule has 0 atom stereocenters. The van der Waals surface area contributed by atoms with Gasteiger partial charge in [0.05, 0.1) is 9.77 Å². The lowest BCUT2D eigenvalue weighted by Gasteiger charge is -2.06. The first-order valence-electron chi connectivity index (χ1n) is 7.85. The van der Waals surface area contributed by atoms with Crippen molar-refractivity contribution in [3.05, 3.63) is 58.1 Å². The zero-order valence-electron chi connectivity index (χ0n) is 14.4. The normalized spacial score (nSPS) is 12.5. The Morgan fingerprint density at radius 3 is 2.41 bits per heavy atom. The molecule has 5 nitrogen and oxygen atoms in total. The van der Waals surface area contributed by atoms with Crippen LogP contribution in [0.15, 0.2) is 41.3 Å². The molecule has 2 aromatic heterocycles. The van der Waals surface area contributed by atoms with Gasteiger partial charge in [-0.25, -0.2) is 13.1 Å². The second-order valence-electron chi connectivity index (χ2n) is 6.01. The summed E-state index contributed by atoms with van der Waals surface area (Å²) in [6.45, 7) is 3.66. The van der Waals surface area contributed by atoms with Crippen molar-refractivity contribution in [2.75, 3.05) is 0 Å². The minimum atomic E-state index is -4.54. The molecule has 0 fully saturated rings. The summed E-state index contributed by atoms with van der Waals surface area (Å²) < 4.78 is 65.8. The predicted molar refractivity (Wildman–Crippen MR) is 96.8 cm³/mol. The molecular weight excluding hydrogens is 399 g/mol. The summed E-state index contributed by atoms with van der Waals surface area (Å²) in [5.41, 5.74) is 0.942. The fourth-order valence-electron chi connectivity index (χ4n) is 2.41. The first-order chi connectivity index (χ1) is 12.6. The molecule has 1 aromatic carbocycles. The van der Waals surface area contributed by atoms with Crippen LogP contribution < -0.4 is 4.72 Å². The topological polar surface area (TPSA) is 74.8 Å². The molecule has 0 radical (unpaired) electrons. The van der Waals surface area contributed by atoms with Crippen LogP contribution in [0.5, 0.6) is 0 Å². The highest BCUT2D eigenvalue weighted by molar-refractivity contribution is 7.89. The molecule has 0 aliphatic rings. The molecule has 0 aliphatic heterocycles. The van der Waals surface area contributed by atoms with Gasteiger partial charge in [-0.3, -0.25) is 5.10 Å². The highest BCUT2D eigenvalue weighted by Crippen LogP contribution is 2.35. The molecule has 3 rings (SSSR count). The van der Waals surface area contributed by atoms with E-state index in [1.165, 1.54) is 6.07 Å². The third-order valence-electron chi connectivity index (χ3n) is 3.88. The smallest absolute Gasteiger partial charge is 0.273 e. The molecule has 0 saturated carbocycles. The van der Waals surface area contributed by atoms with Crippen LogP contribution in [0.1, 0.15) is 21.7 Å². The third-order valence-corrected chi connectivity index (χ3v) is 6.61. The van der Waals surface area contributed by atoms with E-state index in [0.29, 0.717) is 9.75 Å². The van der Waals surface area contributed by atoms with Crippen molar-refractivity contribution in [1.82, 2.24) is 14.9 Å². The molecule has 0 aliphatic carbocycles. The number of nitrogens with zero attached hydrogens (tertiary/aromatic N) is 1. The number of aromatic nitrogens is 2. The summed E-state index contributed by atoms with van der Waals surface area (Å²) >= 11 is 1.07. The van der Waals surface area contributed by atoms with E-state index in [1.54, 1.807) is 6.92 Å². The molecule has 144 valence electrons. The summed E-state index contributed by atoms with van der Waals surface area (Å²) in [5.74, 6) is 0. The Bertz CT molecular complexity index is 1050.